The lowest BCUT2D eigenvalue weighted by Gasteiger charge is -2.34. The minimum atomic E-state index is 0.0701. The Hall–Kier alpha value is -2.28. The van der Waals surface area contributed by atoms with E-state index in [0.29, 0.717) is 5.56 Å². The molecular formula is C14H18N6O. The molecule has 1 aromatic carbocycles. The molecule has 1 saturated heterocycles. The highest BCUT2D eigenvalue weighted by atomic mass is 16.2. The summed E-state index contributed by atoms with van der Waals surface area (Å²) in [6.45, 7) is 6.62. The molecule has 1 aliphatic heterocycles. The number of nitrogens with zero attached hydrogens (tertiary/aromatic N) is 6. The Bertz CT molecular complexity index is 604. The van der Waals surface area contributed by atoms with Crippen LogP contribution in [0.5, 0.6) is 0 Å². The van der Waals surface area contributed by atoms with Gasteiger partial charge in [-0.3, -0.25) is 4.79 Å². The third-order valence-electron chi connectivity index (χ3n) is 3.81. The number of hydrogen-bond acceptors (Lipinski definition) is 5. The van der Waals surface area contributed by atoms with Crippen molar-refractivity contribution in [1.29, 1.82) is 0 Å². The van der Waals surface area contributed by atoms with E-state index in [2.05, 4.69) is 27.3 Å². The van der Waals surface area contributed by atoms with Gasteiger partial charge in [0.05, 0.1) is 5.69 Å². The van der Waals surface area contributed by atoms with E-state index in [1.54, 1.807) is 4.68 Å². The summed E-state index contributed by atoms with van der Waals surface area (Å²) >= 11 is 0. The van der Waals surface area contributed by atoms with Crippen molar-refractivity contribution in [2.45, 2.75) is 6.92 Å². The molecule has 0 N–H and O–H groups in total. The second-order valence-electron chi connectivity index (χ2n) is 5.03. The number of carbonyl (C=O) groups excluding carboxylic acids is 1. The molecule has 3 rings (SSSR count). The fourth-order valence-electron chi connectivity index (χ4n) is 2.51. The van der Waals surface area contributed by atoms with Crippen molar-refractivity contribution in [2.24, 2.45) is 0 Å². The van der Waals surface area contributed by atoms with E-state index < -0.39 is 0 Å². The molecule has 7 nitrogen and oxygen atoms in total. The summed E-state index contributed by atoms with van der Waals surface area (Å²) in [6.07, 6.45) is 1.52. The Balaban J connectivity index is 1.75. The normalized spacial score (nSPS) is 16.1. The number of benzene rings is 1. The van der Waals surface area contributed by atoms with Gasteiger partial charge in [-0.05, 0) is 35.2 Å². The second-order valence-corrected chi connectivity index (χ2v) is 5.03. The van der Waals surface area contributed by atoms with Gasteiger partial charge in [0.15, 0.2) is 0 Å². The average molecular weight is 286 g/mol. The van der Waals surface area contributed by atoms with Crippen LogP contribution in [-0.4, -0.2) is 68.6 Å². The zero-order chi connectivity index (χ0) is 14.7. The molecule has 1 amide bonds. The van der Waals surface area contributed by atoms with E-state index in [-0.39, 0.29) is 5.91 Å². The van der Waals surface area contributed by atoms with E-state index in [4.69, 9.17) is 0 Å². The lowest BCUT2D eigenvalue weighted by molar-refractivity contribution is 0.0643. The Kier molecular flexibility index (Phi) is 3.92. The van der Waals surface area contributed by atoms with Crippen LogP contribution < -0.4 is 0 Å². The molecule has 0 saturated carbocycles. The number of tetrazole rings is 1. The molecule has 110 valence electrons. The largest absolute Gasteiger partial charge is 0.336 e. The first kappa shape index (κ1) is 13.7. The van der Waals surface area contributed by atoms with Crippen LogP contribution in [0, 0.1) is 0 Å². The standard InChI is InChI=1S/C14H18N6O/c1-2-18-6-8-19(9-7-18)14(21)12-4-3-5-13(10-12)20-11-15-16-17-20/h3-5,10-11H,2,6-9H2,1H3. The topological polar surface area (TPSA) is 67.2 Å². The SMILES string of the molecule is CCN1CCN(C(=O)c2cccc(-n3cnnn3)c2)CC1. The number of likely N-dealkylation sites (N-methyl/N-ethyl adjacent to an activating group) is 1. The van der Waals surface area contributed by atoms with Crippen molar-refractivity contribution in [2.75, 3.05) is 32.7 Å². The molecule has 21 heavy (non-hydrogen) atoms. The predicted molar refractivity (Wildman–Crippen MR) is 77.2 cm³/mol. The monoisotopic (exact) mass is 286 g/mol. The van der Waals surface area contributed by atoms with Crippen LogP contribution in [0.25, 0.3) is 5.69 Å². The first-order valence-electron chi connectivity index (χ1n) is 7.13. The highest BCUT2D eigenvalue weighted by Gasteiger charge is 2.21. The van der Waals surface area contributed by atoms with Gasteiger partial charge in [0.2, 0.25) is 0 Å². The van der Waals surface area contributed by atoms with Crippen LogP contribution in [0.4, 0.5) is 0 Å². The minimum absolute atomic E-state index is 0.0701. The maximum absolute atomic E-state index is 12.6. The Morgan fingerprint density at radius 1 is 1.24 bits per heavy atom. The van der Waals surface area contributed by atoms with Gasteiger partial charge >= 0.3 is 0 Å². The first-order chi connectivity index (χ1) is 10.3. The Morgan fingerprint density at radius 2 is 2.05 bits per heavy atom. The number of aromatic nitrogens is 4. The average Bonchev–Trinajstić information content (AvgIpc) is 3.09. The van der Waals surface area contributed by atoms with E-state index in [0.717, 1.165) is 38.4 Å². The van der Waals surface area contributed by atoms with Crippen molar-refractivity contribution >= 4 is 5.91 Å². The van der Waals surface area contributed by atoms with Crippen LogP contribution in [0.2, 0.25) is 0 Å². The van der Waals surface area contributed by atoms with Crippen molar-refractivity contribution < 1.29 is 4.79 Å². The smallest absolute Gasteiger partial charge is 0.254 e. The van der Waals surface area contributed by atoms with Crippen LogP contribution in [0.15, 0.2) is 30.6 Å². The Morgan fingerprint density at radius 3 is 2.71 bits per heavy atom. The molecule has 7 heteroatoms. The van der Waals surface area contributed by atoms with Gasteiger partial charge in [0.1, 0.15) is 6.33 Å². The Labute approximate surface area is 123 Å². The number of hydrogen-bond donors (Lipinski definition) is 0. The first-order valence-corrected chi connectivity index (χ1v) is 7.13. The lowest BCUT2D eigenvalue weighted by Crippen LogP contribution is -2.48. The van der Waals surface area contributed by atoms with Gasteiger partial charge in [-0.2, -0.15) is 0 Å². The fraction of sp³-hybridized carbons (Fsp3) is 0.429. The van der Waals surface area contributed by atoms with Crippen molar-refractivity contribution in [3.8, 4) is 5.69 Å². The van der Waals surface area contributed by atoms with Crippen LogP contribution in [0.3, 0.4) is 0 Å². The summed E-state index contributed by atoms with van der Waals surface area (Å²) in [5, 5.41) is 11.1. The summed E-state index contributed by atoms with van der Waals surface area (Å²) in [5.41, 5.74) is 1.46. The molecule has 0 atom stereocenters. The zero-order valence-corrected chi connectivity index (χ0v) is 12.0. The highest BCUT2D eigenvalue weighted by molar-refractivity contribution is 5.94. The predicted octanol–water partition coefficient (Wildman–Crippen LogP) is 0.440. The number of carbonyl (C=O) groups is 1. The fourth-order valence-corrected chi connectivity index (χ4v) is 2.51. The molecule has 1 aromatic heterocycles. The highest BCUT2D eigenvalue weighted by Crippen LogP contribution is 2.13. The maximum Gasteiger partial charge on any atom is 0.254 e. The lowest BCUT2D eigenvalue weighted by atomic mass is 10.1. The molecular weight excluding hydrogens is 268 g/mol. The molecule has 0 aliphatic carbocycles. The molecule has 0 unspecified atom stereocenters. The van der Waals surface area contributed by atoms with E-state index in [1.165, 1.54) is 6.33 Å². The molecule has 1 fully saturated rings. The number of amides is 1. The quantitative estimate of drug-likeness (QED) is 0.819. The molecule has 0 spiro atoms. The number of rotatable bonds is 3. The maximum atomic E-state index is 12.6. The van der Waals surface area contributed by atoms with Crippen LogP contribution in [-0.2, 0) is 0 Å². The second kappa shape index (κ2) is 6.01. The molecule has 0 bridgehead atoms. The molecule has 2 heterocycles. The van der Waals surface area contributed by atoms with Gasteiger partial charge in [-0.15, -0.1) is 5.10 Å². The molecule has 2 aromatic rings. The van der Waals surface area contributed by atoms with E-state index >= 15 is 0 Å². The minimum Gasteiger partial charge on any atom is -0.336 e. The van der Waals surface area contributed by atoms with Crippen LogP contribution >= 0.6 is 0 Å². The summed E-state index contributed by atoms with van der Waals surface area (Å²) < 4.78 is 1.55. The van der Waals surface area contributed by atoms with E-state index in [1.807, 2.05) is 29.2 Å². The zero-order valence-electron chi connectivity index (χ0n) is 12.0. The van der Waals surface area contributed by atoms with Crippen LogP contribution in [0.1, 0.15) is 17.3 Å². The van der Waals surface area contributed by atoms with Gasteiger partial charge in [-0.25, -0.2) is 4.68 Å². The number of piperazine rings is 1. The van der Waals surface area contributed by atoms with Gasteiger partial charge in [0, 0.05) is 31.7 Å². The van der Waals surface area contributed by atoms with Gasteiger partial charge in [-0.1, -0.05) is 13.0 Å². The molecule has 0 radical (unpaired) electrons. The van der Waals surface area contributed by atoms with Crippen molar-refractivity contribution in [1.82, 2.24) is 30.0 Å². The molecule has 1 aliphatic rings. The summed E-state index contributed by atoms with van der Waals surface area (Å²) in [6, 6.07) is 7.39. The third-order valence-corrected chi connectivity index (χ3v) is 3.81. The third kappa shape index (κ3) is 2.92. The summed E-state index contributed by atoms with van der Waals surface area (Å²) in [4.78, 5) is 16.8. The van der Waals surface area contributed by atoms with Gasteiger partial charge < -0.3 is 9.80 Å². The van der Waals surface area contributed by atoms with Crippen molar-refractivity contribution in [3.05, 3.63) is 36.2 Å². The van der Waals surface area contributed by atoms with Crippen molar-refractivity contribution in [3.63, 3.8) is 0 Å². The summed E-state index contributed by atoms with van der Waals surface area (Å²) in [5.74, 6) is 0.0701. The summed E-state index contributed by atoms with van der Waals surface area (Å²) in [7, 11) is 0. The van der Waals surface area contributed by atoms with Gasteiger partial charge in [0.25, 0.3) is 5.91 Å². The van der Waals surface area contributed by atoms with E-state index in [9.17, 15) is 4.79 Å².